The van der Waals surface area contributed by atoms with Crippen LogP contribution in [0.5, 0.6) is 5.75 Å². The van der Waals surface area contributed by atoms with Gasteiger partial charge in [-0.15, -0.1) is 0 Å². The van der Waals surface area contributed by atoms with Crippen LogP contribution in [0.4, 0.5) is 0 Å². The Morgan fingerprint density at radius 3 is 2.74 bits per heavy atom. The van der Waals surface area contributed by atoms with Gasteiger partial charge in [0.15, 0.2) is 11.3 Å². The first-order valence-electron chi connectivity index (χ1n) is 7.07. The summed E-state index contributed by atoms with van der Waals surface area (Å²) in [6.45, 7) is 0.457. The van der Waals surface area contributed by atoms with Gasteiger partial charge in [0.25, 0.3) is 5.91 Å². The van der Waals surface area contributed by atoms with Crippen LogP contribution in [-0.2, 0) is 11.4 Å². The summed E-state index contributed by atoms with van der Waals surface area (Å²) in [5.41, 5.74) is 1.77. The fourth-order valence-electron chi connectivity index (χ4n) is 2.13. The number of ether oxygens (including phenoxy) is 1. The fraction of sp³-hybridized carbons (Fsp3) is 0.176. The van der Waals surface area contributed by atoms with E-state index in [2.05, 4.69) is 5.16 Å². The van der Waals surface area contributed by atoms with Crippen molar-refractivity contribution in [2.24, 2.45) is 0 Å². The van der Waals surface area contributed by atoms with E-state index >= 15 is 0 Å². The lowest BCUT2D eigenvalue weighted by Gasteiger charge is -2.11. The molecule has 118 valence electrons. The van der Waals surface area contributed by atoms with E-state index in [-0.39, 0.29) is 11.6 Å². The zero-order valence-electron chi connectivity index (χ0n) is 12.9. The molecule has 6 nitrogen and oxygen atoms in total. The van der Waals surface area contributed by atoms with Gasteiger partial charge in [0, 0.05) is 13.1 Å². The molecule has 0 fully saturated rings. The molecule has 23 heavy (non-hydrogen) atoms. The first-order valence-corrected chi connectivity index (χ1v) is 7.07. The topological polar surface area (TPSA) is 64.8 Å². The number of hydroxylamine groups is 2. The van der Waals surface area contributed by atoms with Gasteiger partial charge < -0.3 is 9.26 Å². The monoisotopic (exact) mass is 312 g/mol. The van der Waals surface area contributed by atoms with Crippen molar-refractivity contribution >= 4 is 16.9 Å². The Kier molecular flexibility index (Phi) is 4.25. The number of hydrogen-bond acceptors (Lipinski definition) is 5. The lowest BCUT2D eigenvalue weighted by molar-refractivity contribution is -0.0761. The second kappa shape index (κ2) is 6.50. The van der Waals surface area contributed by atoms with E-state index in [0.717, 1.165) is 10.6 Å². The number of hydrogen-bond donors (Lipinski definition) is 0. The first-order chi connectivity index (χ1) is 11.2. The van der Waals surface area contributed by atoms with Crippen molar-refractivity contribution in [3.63, 3.8) is 0 Å². The molecular formula is C17H16N2O4. The third-order valence-electron chi connectivity index (χ3n) is 3.45. The van der Waals surface area contributed by atoms with Gasteiger partial charge in [0.05, 0.1) is 12.5 Å². The Hall–Kier alpha value is -2.86. The maximum absolute atomic E-state index is 12.1. The molecular weight excluding hydrogens is 296 g/mol. The van der Waals surface area contributed by atoms with Crippen molar-refractivity contribution in [3.05, 3.63) is 59.8 Å². The van der Waals surface area contributed by atoms with Crippen LogP contribution in [0.3, 0.4) is 0 Å². The highest BCUT2D eigenvalue weighted by atomic mass is 16.7. The van der Waals surface area contributed by atoms with Crippen LogP contribution < -0.4 is 4.74 Å². The maximum Gasteiger partial charge on any atom is 0.299 e. The minimum Gasteiger partial charge on any atom is -0.489 e. The minimum atomic E-state index is -0.371. The molecule has 6 heteroatoms. The summed E-state index contributed by atoms with van der Waals surface area (Å²) in [6, 6.07) is 15.1. The Bertz CT molecular complexity index is 814. The molecule has 0 aliphatic heterocycles. The summed E-state index contributed by atoms with van der Waals surface area (Å²) in [6.07, 6.45) is 0. The maximum atomic E-state index is 12.1. The minimum absolute atomic E-state index is 0.207. The van der Waals surface area contributed by atoms with E-state index in [1.807, 2.05) is 30.3 Å². The molecule has 0 saturated carbocycles. The summed E-state index contributed by atoms with van der Waals surface area (Å²) >= 11 is 0. The van der Waals surface area contributed by atoms with Gasteiger partial charge in [0.1, 0.15) is 12.4 Å². The standard InChI is InChI=1S/C17H16N2O4/c1-19(21-2)17(20)16-14-9-8-13(10-15(14)23-18-16)22-11-12-6-4-3-5-7-12/h3-10H,11H2,1-2H3. The quantitative estimate of drug-likeness (QED) is 0.678. The summed E-state index contributed by atoms with van der Waals surface area (Å²) in [5, 5.41) is 5.53. The molecule has 0 N–H and O–H groups in total. The highest BCUT2D eigenvalue weighted by Crippen LogP contribution is 2.25. The number of benzene rings is 2. The lowest BCUT2D eigenvalue weighted by atomic mass is 10.2. The molecule has 0 spiro atoms. The van der Waals surface area contributed by atoms with Crippen molar-refractivity contribution < 1.29 is 18.9 Å². The van der Waals surface area contributed by atoms with E-state index in [1.54, 1.807) is 18.2 Å². The molecule has 0 atom stereocenters. The Morgan fingerprint density at radius 1 is 1.22 bits per heavy atom. The van der Waals surface area contributed by atoms with E-state index in [0.29, 0.717) is 23.3 Å². The number of carbonyl (C=O) groups is 1. The van der Waals surface area contributed by atoms with Gasteiger partial charge in [-0.2, -0.15) is 0 Å². The van der Waals surface area contributed by atoms with Gasteiger partial charge in [-0.25, -0.2) is 5.06 Å². The second-order valence-corrected chi connectivity index (χ2v) is 4.95. The van der Waals surface area contributed by atoms with Crippen molar-refractivity contribution in [2.75, 3.05) is 14.2 Å². The van der Waals surface area contributed by atoms with Gasteiger partial charge in [-0.05, 0) is 17.7 Å². The molecule has 1 heterocycles. The summed E-state index contributed by atoms with van der Waals surface area (Å²) in [7, 11) is 2.93. The van der Waals surface area contributed by atoms with Crippen LogP contribution in [-0.4, -0.2) is 30.3 Å². The van der Waals surface area contributed by atoms with Crippen molar-refractivity contribution in [1.29, 1.82) is 0 Å². The van der Waals surface area contributed by atoms with Crippen LogP contribution in [0.1, 0.15) is 16.1 Å². The van der Waals surface area contributed by atoms with E-state index in [9.17, 15) is 4.79 Å². The van der Waals surface area contributed by atoms with Crippen molar-refractivity contribution in [2.45, 2.75) is 6.61 Å². The first kappa shape index (κ1) is 15.1. The Labute approximate surface area is 133 Å². The number of carbonyl (C=O) groups excluding carboxylic acids is 1. The molecule has 1 amide bonds. The Balaban J connectivity index is 1.79. The van der Waals surface area contributed by atoms with Crippen LogP contribution >= 0.6 is 0 Å². The lowest BCUT2D eigenvalue weighted by Crippen LogP contribution is -2.25. The normalized spacial score (nSPS) is 10.7. The SMILES string of the molecule is CON(C)C(=O)c1noc2cc(OCc3ccccc3)ccc12. The van der Waals surface area contributed by atoms with Gasteiger partial charge in [0.2, 0.25) is 0 Å². The van der Waals surface area contributed by atoms with Crippen LogP contribution in [0.2, 0.25) is 0 Å². The largest absolute Gasteiger partial charge is 0.489 e. The molecule has 0 aliphatic carbocycles. The molecule has 0 radical (unpaired) electrons. The molecule has 0 aliphatic rings. The van der Waals surface area contributed by atoms with Crippen molar-refractivity contribution in [1.82, 2.24) is 10.2 Å². The second-order valence-electron chi connectivity index (χ2n) is 4.95. The van der Waals surface area contributed by atoms with Crippen molar-refractivity contribution in [3.8, 4) is 5.75 Å². The third kappa shape index (κ3) is 3.17. The van der Waals surface area contributed by atoms with Gasteiger partial charge in [-0.1, -0.05) is 35.5 Å². The van der Waals surface area contributed by atoms with Crippen LogP contribution in [0.15, 0.2) is 53.1 Å². The highest BCUT2D eigenvalue weighted by molar-refractivity contribution is 6.03. The van der Waals surface area contributed by atoms with E-state index in [4.69, 9.17) is 14.1 Å². The average molecular weight is 312 g/mol. The molecule has 2 aromatic carbocycles. The molecule has 3 rings (SSSR count). The number of aromatic nitrogens is 1. The van der Waals surface area contributed by atoms with E-state index in [1.165, 1.54) is 14.2 Å². The van der Waals surface area contributed by atoms with Crippen LogP contribution in [0.25, 0.3) is 11.0 Å². The molecule has 3 aromatic rings. The smallest absolute Gasteiger partial charge is 0.299 e. The predicted molar refractivity (Wildman–Crippen MR) is 83.9 cm³/mol. The molecule has 0 saturated heterocycles. The zero-order chi connectivity index (χ0) is 16.2. The average Bonchev–Trinajstić information content (AvgIpc) is 3.02. The third-order valence-corrected chi connectivity index (χ3v) is 3.45. The van der Waals surface area contributed by atoms with Gasteiger partial charge in [-0.3, -0.25) is 9.63 Å². The molecule has 0 bridgehead atoms. The number of rotatable bonds is 5. The molecule has 0 unspecified atom stereocenters. The number of amides is 1. The molecule has 1 aromatic heterocycles. The highest BCUT2D eigenvalue weighted by Gasteiger charge is 2.20. The summed E-state index contributed by atoms with van der Waals surface area (Å²) in [5.74, 6) is 0.279. The fourth-order valence-corrected chi connectivity index (χ4v) is 2.13. The summed E-state index contributed by atoms with van der Waals surface area (Å²) < 4.78 is 11.0. The zero-order valence-corrected chi connectivity index (χ0v) is 12.9. The van der Waals surface area contributed by atoms with Gasteiger partial charge >= 0.3 is 0 Å². The predicted octanol–water partition coefficient (Wildman–Crippen LogP) is 3.04. The van der Waals surface area contributed by atoms with Crippen LogP contribution in [0, 0.1) is 0 Å². The number of fused-ring (bicyclic) bond motifs is 1. The van der Waals surface area contributed by atoms with E-state index < -0.39 is 0 Å². The summed E-state index contributed by atoms with van der Waals surface area (Å²) in [4.78, 5) is 17.0. The Morgan fingerprint density at radius 2 is 2.00 bits per heavy atom. The number of nitrogens with zero attached hydrogens (tertiary/aromatic N) is 2.